The Morgan fingerprint density at radius 3 is 2.20 bits per heavy atom. The van der Waals surface area contributed by atoms with Crippen molar-refractivity contribution in [2.75, 3.05) is 20.2 Å². The second kappa shape index (κ2) is 7.72. The molecule has 0 aliphatic rings. The molecule has 0 aliphatic carbocycles. The van der Waals surface area contributed by atoms with Crippen LogP contribution in [0.2, 0.25) is 0 Å². The number of aromatic hydroxyl groups is 1. The third-order valence-electron chi connectivity index (χ3n) is 1.42. The van der Waals surface area contributed by atoms with Crippen molar-refractivity contribution in [3.8, 4) is 5.75 Å². The molecule has 0 saturated carbocycles. The Hall–Kier alpha value is -1.66. The lowest BCUT2D eigenvalue weighted by molar-refractivity contribution is -0.384. The zero-order valence-corrected chi connectivity index (χ0v) is 8.38. The number of hydrogen-bond acceptors (Lipinski definition) is 5. The molecule has 0 heterocycles. The summed E-state index contributed by atoms with van der Waals surface area (Å²) < 4.78 is 0. The van der Waals surface area contributed by atoms with Gasteiger partial charge in [0.25, 0.3) is 5.69 Å². The average Bonchev–Trinajstić information content (AvgIpc) is 2.20. The van der Waals surface area contributed by atoms with Gasteiger partial charge in [-0.3, -0.25) is 10.1 Å². The van der Waals surface area contributed by atoms with E-state index < -0.39 is 4.92 Å². The molecule has 0 saturated heterocycles. The molecule has 84 valence electrons. The van der Waals surface area contributed by atoms with Gasteiger partial charge in [-0.05, 0) is 19.2 Å². The van der Waals surface area contributed by atoms with Crippen LogP contribution in [0.3, 0.4) is 0 Å². The molecule has 1 aromatic carbocycles. The number of nitrogens with one attached hydrogen (secondary N) is 1. The van der Waals surface area contributed by atoms with E-state index in [1.807, 2.05) is 0 Å². The number of likely N-dealkylation sites (N-methyl/N-ethyl adjacent to an activating group) is 1. The highest BCUT2D eigenvalue weighted by molar-refractivity contribution is 5.34. The predicted octanol–water partition coefficient (Wildman–Crippen LogP) is 0.498. The van der Waals surface area contributed by atoms with Crippen molar-refractivity contribution in [3.63, 3.8) is 0 Å². The van der Waals surface area contributed by atoms with Crippen LogP contribution in [0.1, 0.15) is 0 Å². The number of phenols is 1. The lowest BCUT2D eigenvalue weighted by Gasteiger charge is -1.89. The monoisotopic (exact) mass is 214 g/mol. The van der Waals surface area contributed by atoms with Gasteiger partial charge in [-0.1, -0.05) is 0 Å². The molecule has 0 bridgehead atoms. The molecular weight excluding hydrogens is 200 g/mol. The molecule has 1 aromatic rings. The normalized spacial score (nSPS) is 8.93. The molecule has 0 amide bonds. The van der Waals surface area contributed by atoms with E-state index in [0.717, 1.165) is 0 Å². The fourth-order valence-corrected chi connectivity index (χ4v) is 0.686. The number of aliphatic hydroxyl groups is 1. The number of non-ortho nitro benzene ring substituents is 1. The number of nitrogens with zero attached hydrogens (tertiary/aromatic N) is 1. The molecular formula is C9H14N2O4. The third kappa shape index (κ3) is 6.42. The number of rotatable bonds is 3. The van der Waals surface area contributed by atoms with E-state index in [0.29, 0.717) is 6.54 Å². The van der Waals surface area contributed by atoms with Gasteiger partial charge in [-0.2, -0.15) is 0 Å². The summed E-state index contributed by atoms with van der Waals surface area (Å²) in [5.74, 6) is 0.0330. The topological polar surface area (TPSA) is 95.6 Å². The summed E-state index contributed by atoms with van der Waals surface area (Å²) in [6.45, 7) is 0.927. The van der Waals surface area contributed by atoms with Crippen LogP contribution in [0.15, 0.2) is 24.3 Å². The van der Waals surface area contributed by atoms with Gasteiger partial charge in [0, 0.05) is 18.7 Å². The van der Waals surface area contributed by atoms with Gasteiger partial charge in [0.2, 0.25) is 0 Å². The van der Waals surface area contributed by atoms with E-state index >= 15 is 0 Å². The van der Waals surface area contributed by atoms with Crippen LogP contribution in [0.4, 0.5) is 5.69 Å². The fraction of sp³-hybridized carbons (Fsp3) is 0.333. The maximum atomic E-state index is 10.0. The first-order valence-electron chi connectivity index (χ1n) is 4.30. The van der Waals surface area contributed by atoms with Gasteiger partial charge in [-0.25, -0.2) is 0 Å². The number of nitro groups is 1. The van der Waals surface area contributed by atoms with Crippen LogP contribution in [0.5, 0.6) is 5.75 Å². The van der Waals surface area contributed by atoms with Gasteiger partial charge in [0.15, 0.2) is 0 Å². The van der Waals surface area contributed by atoms with Gasteiger partial charge in [0.1, 0.15) is 5.75 Å². The largest absolute Gasteiger partial charge is 0.508 e. The Morgan fingerprint density at radius 1 is 1.40 bits per heavy atom. The fourth-order valence-electron chi connectivity index (χ4n) is 0.686. The van der Waals surface area contributed by atoms with Crippen molar-refractivity contribution in [2.45, 2.75) is 0 Å². The van der Waals surface area contributed by atoms with E-state index in [-0.39, 0.29) is 18.0 Å². The molecule has 6 heteroatoms. The van der Waals surface area contributed by atoms with Crippen LogP contribution in [0.25, 0.3) is 0 Å². The first kappa shape index (κ1) is 13.3. The van der Waals surface area contributed by atoms with Crippen molar-refractivity contribution < 1.29 is 15.1 Å². The average molecular weight is 214 g/mol. The summed E-state index contributed by atoms with van der Waals surface area (Å²) in [4.78, 5) is 9.52. The SMILES string of the molecule is CNCCO.O=[N+]([O-])c1ccc(O)cc1. The standard InChI is InChI=1S/C6H5NO3.C3H9NO/c8-6-3-1-5(2-4-6)7(9)10;1-4-2-3-5/h1-4,8H;4-5H,2-3H2,1H3. The zero-order valence-electron chi connectivity index (χ0n) is 8.38. The summed E-state index contributed by atoms with van der Waals surface area (Å²) in [5, 5.41) is 29.5. The van der Waals surface area contributed by atoms with Crippen molar-refractivity contribution in [2.24, 2.45) is 0 Å². The maximum Gasteiger partial charge on any atom is 0.269 e. The van der Waals surface area contributed by atoms with Crippen LogP contribution in [-0.2, 0) is 0 Å². The minimum atomic E-state index is -0.514. The molecule has 3 N–H and O–H groups in total. The Bertz CT molecular complexity index is 285. The summed E-state index contributed by atoms with van der Waals surface area (Å²) >= 11 is 0. The summed E-state index contributed by atoms with van der Waals surface area (Å²) in [7, 11) is 1.80. The van der Waals surface area contributed by atoms with Crippen molar-refractivity contribution in [1.82, 2.24) is 5.32 Å². The van der Waals surface area contributed by atoms with E-state index in [1.165, 1.54) is 24.3 Å². The molecule has 0 aliphatic heterocycles. The van der Waals surface area contributed by atoms with Gasteiger partial charge >= 0.3 is 0 Å². The quantitative estimate of drug-likeness (QED) is 0.503. The van der Waals surface area contributed by atoms with Crippen LogP contribution < -0.4 is 5.32 Å². The van der Waals surface area contributed by atoms with Gasteiger partial charge in [0.05, 0.1) is 11.5 Å². The van der Waals surface area contributed by atoms with E-state index in [1.54, 1.807) is 7.05 Å². The predicted molar refractivity (Wildman–Crippen MR) is 55.8 cm³/mol. The highest BCUT2D eigenvalue weighted by Crippen LogP contribution is 2.14. The van der Waals surface area contributed by atoms with Crippen LogP contribution in [-0.4, -0.2) is 35.3 Å². The van der Waals surface area contributed by atoms with E-state index in [4.69, 9.17) is 10.2 Å². The lowest BCUT2D eigenvalue weighted by atomic mass is 10.3. The second-order valence-electron chi connectivity index (χ2n) is 2.60. The summed E-state index contributed by atoms with van der Waals surface area (Å²) in [5.41, 5.74) is -0.0159. The van der Waals surface area contributed by atoms with Crippen molar-refractivity contribution in [1.29, 1.82) is 0 Å². The van der Waals surface area contributed by atoms with E-state index in [2.05, 4.69) is 5.32 Å². The third-order valence-corrected chi connectivity index (χ3v) is 1.42. The first-order valence-corrected chi connectivity index (χ1v) is 4.30. The lowest BCUT2D eigenvalue weighted by Crippen LogP contribution is -2.10. The Morgan fingerprint density at radius 2 is 1.93 bits per heavy atom. The van der Waals surface area contributed by atoms with Crippen LogP contribution >= 0.6 is 0 Å². The first-order chi connectivity index (χ1) is 7.11. The van der Waals surface area contributed by atoms with Gasteiger partial charge < -0.3 is 15.5 Å². The molecule has 0 aromatic heterocycles. The molecule has 0 unspecified atom stereocenters. The van der Waals surface area contributed by atoms with Crippen LogP contribution in [0, 0.1) is 10.1 Å². The van der Waals surface area contributed by atoms with Crippen molar-refractivity contribution >= 4 is 5.69 Å². The number of hydrogen-bond donors (Lipinski definition) is 3. The number of phenolic OH excluding ortho intramolecular Hbond substituents is 1. The Balaban J connectivity index is 0.000000336. The smallest absolute Gasteiger partial charge is 0.269 e. The Labute approximate surface area is 87.3 Å². The van der Waals surface area contributed by atoms with Gasteiger partial charge in [-0.15, -0.1) is 0 Å². The molecule has 0 spiro atoms. The molecule has 1 rings (SSSR count). The second-order valence-corrected chi connectivity index (χ2v) is 2.60. The number of benzene rings is 1. The Kier molecular flexibility index (Phi) is 6.86. The zero-order chi connectivity index (χ0) is 11.7. The highest BCUT2D eigenvalue weighted by atomic mass is 16.6. The summed E-state index contributed by atoms with van der Waals surface area (Å²) in [6.07, 6.45) is 0. The molecule has 0 atom stereocenters. The molecule has 0 radical (unpaired) electrons. The molecule has 6 nitrogen and oxygen atoms in total. The molecule has 0 fully saturated rings. The minimum absolute atomic E-state index is 0.0159. The minimum Gasteiger partial charge on any atom is -0.508 e. The number of aliphatic hydroxyl groups excluding tert-OH is 1. The van der Waals surface area contributed by atoms with E-state index in [9.17, 15) is 10.1 Å². The maximum absolute atomic E-state index is 10.0. The highest BCUT2D eigenvalue weighted by Gasteiger charge is 2.01. The summed E-state index contributed by atoms with van der Waals surface area (Å²) in [6, 6.07) is 5.04. The number of nitro benzene ring substituents is 1. The van der Waals surface area contributed by atoms with Crippen molar-refractivity contribution in [3.05, 3.63) is 34.4 Å². The molecule has 15 heavy (non-hydrogen) atoms.